The van der Waals surface area contributed by atoms with E-state index in [2.05, 4.69) is 0 Å². The Morgan fingerprint density at radius 3 is 3.00 bits per heavy atom. The number of carboxylic acid groups (broad SMARTS) is 1. The lowest BCUT2D eigenvalue weighted by molar-refractivity contribution is -0.131. The van der Waals surface area contributed by atoms with Crippen LogP contribution in [0.3, 0.4) is 0 Å². The number of carboxylic acids is 1. The van der Waals surface area contributed by atoms with Crippen LogP contribution in [-0.2, 0) is 9.53 Å². The second-order valence-electron chi connectivity index (χ2n) is 4.98. The maximum Gasteiger partial charge on any atom is 0.328 e. The summed E-state index contributed by atoms with van der Waals surface area (Å²) in [4.78, 5) is 26.3. The third kappa shape index (κ3) is 3.92. The lowest BCUT2D eigenvalue weighted by Gasteiger charge is -2.32. The number of nitrogens with zero attached hydrogens (tertiary/aromatic N) is 1. The summed E-state index contributed by atoms with van der Waals surface area (Å²) in [6.07, 6.45) is 3.62. The summed E-state index contributed by atoms with van der Waals surface area (Å²) in [6.45, 7) is 5.71. The molecule has 1 aromatic heterocycles. The Kier molecular flexibility index (Phi) is 5.14. The minimum absolute atomic E-state index is 0.000162. The van der Waals surface area contributed by atoms with E-state index in [-0.39, 0.29) is 12.0 Å². The molecule has 1 saturated heterocycles. The predicted octanol–water partition coefficient (Wildman–Crippen LogP) is 2.41. The predicted molar refractivity (Wildman–Crippen MR) is 81.7 cm³/mol. The molecular formula is C15H19NO4S. The van der Waals surface area contributed by atoms with Crippen molar-refractivity contribution in [2.45, 2.75) is 26.4 Å². The molecule has 5 nitrogen and oxygen atoms in total. The molecule has 1 N–H and O–H groups in total. The van der Waals surface area contributed by atoms with Gasteiger partial charge in [0.25, 0.3) is 5.91 Å². The topological polar surface area (TPSA) is 66.8 Å². The number of hydrogen-bond acceptors (Lipinski definition) is 4. The van der Waals surface area contributed by atoms with Gasteiger partial charge in [0, 0.05) is 24.0 Å². The first-order chi connectivity index (χ1) is 10.0. The summed E-state index contributed by atoms with van der Waals surface area (Å²) < 4.78 is 5.57. The summed E-state index contributed by atoms with van der Waals surface area (Å²) in [7, 11) is 0. The number of hydrogen-bond donors (Lipinski definition) is 1. The molecule has 1 aliphatic rings. The van der Waals surface area contributed by atoms with Gasteiger partial charge in [0.05, 0.1) is 17.6 Å². The first-order valence-electron chi connectivity index (χ1n) is 6.93. The molecule has 0 aliphatic carbocycles. The van der Waals surface area contributed by atoms with Gasteiger partial charge < -0.3 is 14.7 Å². The Hall–Kier alpha value is -1.66. The van der Waals surface area contributed by atoms with Crippen molar-refractivity contribution >= 4 is 29.3 Å². The number of ether oxygens (including phenoxy) is 1. The number of rotatable bonds is 4. The number of amides is 1. The van der Waals surface area contributed by atoms with Crippen molar-refractivity contribution in [2.24, 2.45) is 0 Å². The van der Waals surface area contributed by atoms with E-state index in [0.717, 1.165) is 22.9 Å². The first-order valence-corrected chi connectivity index (χ1v) is 7.75. The molecule has 0 aromatic carbocycles. The second kappa shape index (κ2) is 6.87. The zero-order valence-electron chi connectivity index (χ0n) is 12.2. The average molecular weight is 309 g/mol. The van der Waals surface area contributed by atoms with Gasteiger partial charge in [-0.05, 0) is 31.1 Å². The normalized spacial score (nSPS) is 19.1. The molecule has 1 fully saturated rings. The van der Waals surface area contributed by atoms with Gasteiger partial charge in [0.15, 0.2) is 0 Å². The molecule has 1 amide bonds. The lowest BCUT2D eigenvalue weighted by Crippen LogP contribution is -2.45. The molecule has 1 aromatic rings. The van der Waals surface area contributed by atoms with Crippen molar-refractivity contribution in [2.75, 3.05) is 19.7 Å². The molecule has 2 rings (SSSR count). The molecule has 21 heavy (non-hydrogen) atoms. The summed E-state index contributed by atoms with van der Waals surface area (Å²) in [5.41, 5.74) is 0.918. The van der Waals surface area contributed by atoms with Crippen LogP contribution in [0, 0.1) is 6.92 Å². The summed E-state index contributed by atoms with van der Waals surface area (Å²) in [5.74, 6) is -0.991. The zero-order valence-corrected chi connectivity index (χ0v) is 13.0. The molecule has 0 saturated carbocycles. The summed E-state index contributed by atoms with van der Waals surface area (Å²) in [5, 5.41) is 8.67. The number of carbonyl (C=O) groups is 2. The Balaban J connectivity index is 2.12. The van der Waals surface area contributed by atoms with Gasteiger partial charge in [-0.25, -0.2) is 4.79 Å². The highest BCUT2D eigenvalue weighted by Crippen LogP contribution is 2.25. The van der Waals surface area contributed by atoms with Crippen LogP contribution in [0.1, 0.15) is 33.5 Å². The van der Waals surface area contributed by atoms with Gasteiger partial charge in [-0.2, -0.15) is 0 Å². The average Bonchev–Trinajstić information content (AvgIpc) is 2.85. The molecule has 0 radical (unpaired) electrons. The SMILES string of the molecule is CCC1CN(C(=O)c2cc(C)c(/C=C/C(=O)O)s2)CCO1. The molecule has 1 unspecified atom stereocenters. The first kappa shape index (κ1) is 15.7. The molecular weight excluding hydrogens is 290 g/mol. The van der Waals surface area contributed by atoms with Crippen molar-refractivity contribution < 1.29 is 19.4 Å². The van der Waals surface area contributed by atoms with Crippen LogP contribution in [0.25, 0.3) is 6.08 Å². The van der Waals surface area contributed by atoms with E-state index >= 15 is 0 Å². The van der Waals surface area contributed by atoms with Crippen LogP contribution in [0.2, 0.25) is 0 Å². The molecule has 6 heteroatoms. The van der Waals surface area contributed by atoms with Crippen LogP contribution in [0.4, 0.5) is 0 Å². The van der Waals surface area contributed by atoms with Crippen LogP contribution in [0.15, 0.2) is 12.1 Å². The van der Waals surface area contributed by atoms with E-state index < -0.39 is 5.97 Å². The highest BCUT2D eigenvalue weighted by atomic mass is 32.1. The molecule has 0 spiro atoms. The van der Waals surface area contributed by atoms with Gasteiger partial charge in [0.1, 0.15) is 0 Å². The van der Waals surface area contributed by atoms with Crippen LogP contribution in [0.5, 0.6) is 0 Å². The zero-order chi connectivity index (χ0) is 15.4. The van der Waals surface area contributed by atoms with Crippen LogP contribution >= 0.6 is 11.3 Å². The largest absolute Gasteiger partial charge is 0.478 e. The van der Waals surface area contributed by atoms with Gasteiger partial charge in [-0.15, -0.1) is 11.3 Å². The van der Waals surface area contributed by atoms with E-state index in [1.54, 1.807) is 0 Å². The number of thiophene rings is 1. The van der Waals surface area contributed by atoms with Gasteiger partial charge in [0.2, 0.25) is 0 Å². The van der Waals surface area contributed by atoms with E-state index in [4.69, 9.17) is 9.84 Å². The Morgan fingerprint density at radius 1 is 1.57 bits per heavy atom. The highest BCUT2D eigenvalue weighted by molar-refractivity contribution is 7.15. The third-order valence-corrected chi connectivity index (χ3v) is 4.62. The molecule has 0 bridgehead atoms. The van der Waals surface area contributed by atoms with Crippen molar-refractivity contribution in [1.29, 1.82) is 0 Å². The van der Waals surface area contributed by atoms with Crippen LogP contribution in [-0.4, -0.2) is 47.7 Å². The quantitative estimate of drug-likeness (QED) is 0.867. The van der Waals surface area contributed by atoms with Crippen LogP contribution < -0.4 is 0 Å². The van der Waals surface area contributed by atoms with Crippen molar-refractivity contribution in [3.63, 3.8) is 0 Å². The maximum absolute atomic E-state index is 12.5. The van der Waals surface area contributed by atoms with E-state index in [0.29, 0.717) is 24.6 Å². The molecule has 1 aliphatic heterocycles. The van der Waals surface area contributed by atoms with Crippen molar-refractivity contribution in [3.8, 4) is 0 Å². The standard InChI is InChI=1S/C15H19NO4S/c1-3-11-9-16(6-7-20-11)15(19)13-8-10(2)12(21-13)4-5-14(17)18/h4-5,8,11H,3,6-7,9H2,1-2H3,(H,17,18)/b5-4+. The minimum Gasteiger partial charge on any atom is -0.478 e. The molecule has 2 heterocycles. The fraction of sp³-hybridized carbons (Fsp3) is 0.467. The molecule has 114 valence electrons. The minimum atomic E-state index is -0.991. The summed E-state index contributed by atoms with van der Waals surface area (Å²) >= 11 is 1.33. The summed E-state index contributed by atoms with van der Waals surface area (Å²) in [6, 6.07) is 1.82. The van der Waals surface area contributed by atoms with E-state index in [9.17, 15) is 9.59 Å². The highest BCUT2D eigenvalue weighted by Gasteiger charge is 2.25. The van der Waals surface area contributed by atoms with Gasteiger partial charge in [-0.3, -0.25) is 4.79 Å². The van der Waals surface area contributed by atoms with E-state index in [1.807, 2.05) is 24.8 Å². The fourth-order valence-electron chi connectivity index (χ4n) is 2.22. The van der Waals surface area contributed by atoms with Crippen molar-refractivity contribution in [3.05, 3.63) is 27.5 Å². The number of morpholine rings is 1. The fourth-order valence-corrected chi connectivity index (χ4v) is 3.27. The molecule has 1 atom stereocenters. The smallest absolute Gasteiger partial charge is 0.328 e. The second-order valence-corrected chi connectivity index (χ2v) is 6.07. The third-order valence-electron chi connectivity index (χ3n) is 3.43. The lowest BCUT2D eigenvalue weighted by atomic mass is 10.2. The Bertz CT molecular complexity index is 564. The number of aryl methyl sites for hydroxylation is 1. The Morgan fingerprint density at radius 2 is 2.33 bits per heavy atom. The van der Waals surface area contributed by atoms with Gasteiger partial charge in [-0.1, -0.05) is 6.92 Å². The number of carbonyl (C=O) groups excluding carboxylic acids is 1. The number of aliphatic carboxylic acids is 1. The maximum atomic E-state index is 12.5. The monoisotopic (exact) mass is 309 g/mol. The van der Waals surface area contributed by atoms with E-state index in [1.165, 1.54) is 17.4 Å². The van der Waals surface area contributed by atoms with Crippen molar-refractivity contribution in [1.82, 2.24) is 4.90 Å². The van der Waals surface area contributed by atoms with Gasteiger partial charge >= 0.3 is 5.97 Å². The Labute approximate surface area is 127 Å².